The monoisotopic (exact) mass is 413 g/mol. The third-order valence-electron chi connectivity index (χ3n) is 3.92. The number of aryl methyl sites for hydroxylation is 1. The molecule has 0 aromatic carbocycles. The number of rotatable bonds is 9. The lowest BCUT2D eigenvalue weighted by atomic mass is 10.0. The summed E-state index contributed by atoms with van der Waals surface area (Å²) in [4.78, 5) is 0. The fraction of sp³-hybridized carbons (Fsp3) is 0.625. The van der Waals surface area contributed by atoms with Gasteiger partial charge in [0.1, 0.15) is 15.7 Å². The van der Waals surface area contributed by atoms with E-state index in [1.165, 1.54) is 36.6 Å². The van der Waals surface area contributed by atoms with Crippen LogP contribution in [0.25, 0.3) is 5.57 Å². The van der Waals surface area contributed by atoms with Gasteiger partial charge in [-0.15, -0.1) is 22.0 Å². The van der Waals surface area contributed by atoms with Gasteiger partial charge in [-0.3, -0.25) is 0 Å². The van der Waals surface area contributed by atoms with Crippen LogP contribution in [0.5, 0.6) is 0 Å². The minimum Gasteiger partial charge on any atom is -0.310 e. The van der Waals surface area contributed by atoms with Gasteiger partial charge in [-0.25, -0.2) is 0 Å². The summed E-state index contributed by atoms with van der Waals surface area (Å²) in [6.07, 6.45) is 7.06. The van der Waals surface area contributed by atoms with Gasteiger partial charge in [-0.05, 0) is 51.0 Å². The van der Waals surface area contributed by atoms with Crippen LogP contribution < -0.4 is 5.32 Å². The van der Waals surface area contributed by atoms with Crippen molar-refractivity contribution in [3.05, 3.63) is 16.8 Å². The molecule has 2 aromatic heterocycles. The number of hydrogen-bond donors (Lipinski definition) is 1. The molecule has 0 aliphatic carbocycles. The highest BCUT2D eigenvalue weighted by molar-refractivity contribution is 8.01. The Morgan fingerprint density at radius 3 is 2.76 bits per heavy atom. The maximum Gasteiger partial charge on any atom is 0.174 e. The van der Waals surface area contributed by atoms with Crippen LogP contribution >= 0.6 is 46.6 Å². The molecule has 3 heterocycles. The van der Waals surface area contributed by atoms with Crippen LogP contribution in [0.4, 0.5) is 0 Å². The second-order valence-corrected chi connectivity index (χ2v) is 10.0. The topological polar surface area (TPSA) is 63.6 Å². The quantitative estimate of drug-likeness (QED) is 0.479. The lowest BCUT2D eigenvalue weighted by molar-refractivity contribution is 0.624. The van der Waals surface area contributed by atoms with E-state index < -0.39 is 0 Å². The molecule has 9 heteroatoms. The normalized spacial score (nSPS) is 17.7. The molecule has 1 aliphatic heterocycles. The minimum atomic E-state index is 0.373. The zero-order valence-electron chi connectivity index (χ0n) is 14.5. The predicted molar refractivity (Wildman–Crippen MR) is 110 cm³/mol. The standard InChI is InChI=1S/C16H23N5S4/c1-11-13(7-6-8-17-11)14-15(21-25-20-14)22-9-4-3-5-10-23-16-19-18-12(2)24-16/h7,11,17H,3-6,8-10H2,1-2H3. The van der Waals surface area contributed by atoms with Gasteiger partial charge in [0, 0.05) is 11.8 Å². The van der Waals surface area contributed by atoms with Crippen molar-refractivity contribution in [1.82, 2.24) is 24.3 Å². The number of hydrogen-bond acceptors (Lipinski definition) is 9. The Kier molecular flexibility index (Phi) is 7.72. The summed E-state index contributed by atoms with van der Waals surface area (Å²) in [5, 5.41) is 13.8. The van der Waals surface area contributed by atoms with Gasteiger partial charge in [0.2, 0.25) is 0 Å². The van der Waals surface area contributed by atoms with E-state index in [0.717, 1.165) is 44.5 Å². The van der Waals surface area contributed by atoms with Crippen molar-refractivity contribution in [2.75, 3.05) is 18.1 Å². The number of unbranched alkanes of at least 4 members (excludes halogenated alkanes) is 2. The number of nitrogens with zero attached hydrogens (tertiary/aromatic N) is 4. The summed E-state index contributed by atoms with van der Waals surface area (Å²) >= 11 is 6.68. The highest BCUT2D eigenvalue weighted by Crippen LogP contribution is 2.30. The Labute approximate surface area is 165 Å². The Hall–Kier alpha value is -0.480. The molecule has 0 spiro atoms. The average molecular weight is 414 g/mol. The fourth-order valence-corrected chi connectivity index (χ4v) is 6.18. The van der Waals surface area contributed by atoms with Crippen LogP contribution in [0.15, 0.2) is 15.4 Å². The minimum absolute atomic E-state index is 0.373. The van der Waals surface area contributed by atoms with Gasteiger partial charge in [0.25, 0.3) is 0 Å². The number of aromatic nitrogens is 4. The molecule has 25 heavy (non-hydrogen) atoms. The van der Waals surface area contributed by atoms with E-state index in [9.17, 15) is 0 Å². The molecule has 0 fully saturated rings. The van der Waals surface area contributed by atoms with Crippen molar-refractivity contribution in [2.45, 2.75) is 54.9 Å². The Morgan fingerprint density at radius 2 is 2.00 bits per heavy atom. The van der Waals surface area contributed by atoms with Gasteiger partial charge < -0.3 is 5.32 Å². The fourth-order valence-electron chi connectivity index (χ4n) is 2.61. The number of thioether (sulfide) groups is 2. The first-order valence-electron chi connectivity index (χ1n) is 8.56. The second-order valence-electron chi connectivity index (χ2n) is 5.89. The predicted octanol–water partition coefficient (Wildman–Crippen LogP) is 4.52. The molecule has 2 aromatic rings. The lowest BCUT2D eigenvalue weighted by Gasteiger charge is -2.21. The van der Waals surface area contributed by atoms with Gasteiger partial charge in [-0.2, -0.15) is 8.75 Å². The Balaban J connectivity index is 1.35. The molecule has 1 atom stereocenters. The van der Waals surface area contributed by atoms with Crippen LogP contribution in [0.2, 0.25) is 0 Å². The molecule has 1 aliphatic rings. The summed E-state index contributed by atoms with van der Waals surface area (Å²) in [6.45, 7) is 5.26. The van der Waals surface area contributed by atoms with Crippen molar-refractivity contribution in [3.63, 3.8) is 0 Å². The summed E-state index contributed by atoms with van der Waals surface area (Å²) in [6, 6.07) is 0.373. The van der Waals surface area contributed by atoms with E-state index in [-0.39, 0.29) is 0 Å². The zero-order chi connectivity index (χ0) is 17.5. The lowest BCUT2D eigenvalue weighted by Crippen LogP contribution is -2.31. The molecule has 5 nitrogen and oxygen atoms in total. The van der Waals surface area contributed by atoms with Crippen molar-refractivity contribution in [3.8, 4) is 0 Å². The molecule has 0 bridgehead atoms. The van der Waals surface area contributed by atoms with E-state index in [2.05, 4.69) is 37.3 Å². The SMILES string of the molecule is Cc1nnc(SCCCCCSc2nsnc2C2=CCCNC2C)s1. The highest BCUT2D eigenvalue weighted by Gasteiger charge is 2.20. The van der Waals surface area contributed by atoms with Crippen LogP contribution in [0, 0.1) is 6.92 Å². The molecular formula is C16H23N5S4. The van der Waals surface area contributed by atoms with Crippen LogP contribution in [-0.4, -0.2) is 43.0 Å². The second kappa shape index (κ2) is 10.0. The molecule has 0 saturated carbocycles. The summed E-state index contributed by atoms with van der Waals surface area (Å²) in [5.74, 6) is 2.23. The first-order chi connectivity index (χ1) is 12.2. The summed E-state index contributed by atoms with van der Waals surface area (Å²) in [7, 11) is 0. The molecule has 3 rings (SSSR count). The van der Waals surface area contributed by atoms with Crippen LogP contribution in [-0.2, 0) is 0 Å². The summed E-state index contributed by atoms with van der Waals surface area (Å²) < 4.78 is 10.1. The van der Waals surface area contributed by atoms with Gasteiger partial charge in [-0.1, -0.05) is 35.6 Å². The van der Waals surface area contributed by atoms with E-state index >= 15 is 0 Å². The van der Waals surface area contributed by atoms with Gasteiger partial charge in [0.05, 0.1) is 11.7 Å². The molecule has 0 saturated heterocycles. The van der Waals surface area contributed by atoms with Crippen molar-refractivity contribution < 1.29 is 0 Å². The van der Waals surface area contributed by atoms with E-state index in [0.29, 0.717) is 6.04 Å². The summed E-state index contributed by atoms with van der Waals surface area (Å²) in [5.41, 5.74) is 2.41. The number of nitrogens with one attached hydrogen (secondary N) is 1. The van der Waals surface area contributed by atoms with E-state index in [1.54, 1.807) is 11.3 Å². The average Bonchev–Trinajstić information content (AvgIpc) is 3.23. The third-order valence-corrected chi connectivity index (χ3v) is 7.67. The maximum absolute atomic E-state index is 4.54. The molecule has 0 radical (unpaired) electrons. The van der Waals surface area contributed by atoms with Crippen molar-refractivity contribution in [1.29, 1.82) is 0 Å². The maximum atomic E-state index is 4.54. The largest absolute Gasteiger partial charge is 0.310 e. The Bertz CT molecular complexity index is 696. The molecule has 1 unspecified atom stereocenters. The molecule has 0 amide bonds. The van der Waals surface area contributed by atoms with Crippen LogP contribution in [0.1, 0.15) is 43.3 Å². The third kappa shape index (κ3) is 5.75. The Morgan fingerprint density at radius 1 is 1.16 bits per heavy atom. The van der Waals surface area contributed by atoms with Crippen LogP contribution in [0.3, 0.4) is 0 Å². The van der Waals surface area contributed by atoms with E-state index in [1.807, 2.05) is 30.4 Å². The first-order valence-corrected chi connectivity index (χ1v) is 12.1. The van der Waals surface area contributed by atoms with Gasteiger partial charge in [0.15, 0.2) is 4.34 Å². The molecule has 136 valence electrons. The smallest absolute Gasteiger partial charge is 0.174 e. The van der Waals surface area contributed by atoms with E-state index in [4.69, 9.17) is 0 Å². The molecule has 1 N–H and O–H groups in total. The molecular weight excluding hydrogens is 390 g/mol. The van der Waals surface area contributed by atoms with Crippen molar-refractivity contribution in [2.24, 2.45) is 0 Å². The zero-order valence-corrected chi connectivity index (χ0v) is 17.8. The van der Waals surface area contributed by atoms with Crippen molar-refractivity contribution >= 4 is 52.2 Å². The highest BCUT2D eigenvalue weighted by atomic mass is 32.2. The first kappa shape index (κ1) is 19.3. The van der Waals surface area contributed by atoms with Gasteiger partial charge >= 0.3 is 0 Å².